The summed E-state index contributed by atoms with van der Waals surface area (Å²) in [6.45, 7) is 2.77. The molecule has 0 radical (unpaired) electrons. The van der Waals surface area contributed by atoms with E-state index < -0.39 is 0 Å². The lowest BCUT2D eigenvalue weighted by Crippen LogP contribution is -2.42. The van der Waals surface area contributed by atoms with Gasteiger partial charge in [0.05, 0.1) is 5.69 Å². The Kier molecular flexibility index (Phi) is 6.46. The van der Waals surface area contributed by atoms with E-state index in [0.717, 1.165) is 24.1 Å². The lowest BCUT2D eigenvalue weighted by Gasteiger charge is -2.27. The van der Waals surface area contributed by atoms with Gasteiger partial charge in [-0.15, -0.1) is 0 Å². The van der Waals surface area contributed by atoms with Crippen LogP contribution >= 0.6 is 0 Å². The molecule has 1 aliphatic rings. The number of carbonyl (C=O) groups excluding carboxylic acids is 2. The molecule has 2 heterocycles. The number of carbonyl (C=O) groups is 2. The van der Waals surface area contributed by atoms with Crippen molar-refractivity contribution in [1.29, 1.82) is 0 Å². The number of nitrogens with zero attached hydrogens (tertiary/aromatic N) is 4. The monoisotopic (exact) mass is 383 g/mol. The van der Waals surface area contributed by atoms with E-state index in [1.54, 1.807) is 11.1 Å². The molecule has 0 saturated carbocycles. The van der Waals surface area contributed by atoms with Gasteiger partial charge in [0.2, 0.25) is 11.8 Å². The zero-order valence-electron chi connectivity index (χ0n) is 16.8. The predicted molar refractivity (Wildman–Crippen MR) is 108 cm³/mol. The van der Waals surface area contributed by atoms with Crippen LogP contribution in [0.5, 0.6) is 0 Å². The van der Waals surface area contributed by atoms with E-state index in [-0.39, 0.29) is 17.9 Å². The Morgan fingerprint density at radius 3 is 2.57 bits per heavy atom. The van der Waals surface area contributed by atoms with Crippen molar-refractivity contribution in [3.05, 3.63) is 48.3 Å². The summed E-state index contributed by atoms with van der Waals surface area (Å²) in [5.41, 5.74) is 2.09. The maximum Gasteiger partial charge on any atom is 0.224 e. The van der Waals surface area contributed by atoms with Gasteiger partial charge >= 0.3 is 0 Å². The zero-order valence-corrected chi connectivity index (χ0v) is 16.8. The molecule has 2 atom stereocenters. The number of likely N-dealkylation sites (tertiary alicyclic amines) is 1. The van der Waals surface area contributed by atoms with E-state index in [1.807, 2.05) is 55.3 Å². The quantitative estimate of drug-likeness (QED) is 0.792. The fourth-order valence-corrected chi connectivity index (χ4v) is 3.74. The fourth-order valence-electron chi connectivity index (χ4n) is 3.74. The summed E-state index contributed by atoms with van der Waals surface area (Å²) in [4.78, 5) is 27.8. The van der Waals surface area contributed by atoms with Gasteiger partial charge in [0.1, 0.15) is 0 Å². The molecule has 0 spiro atoms. The van der Waals surface area contributed by atoms with Gasteiger partial charge in [0.25, 0.3) is 0 Å². The molecule has 0 aliphatic carbocycles. The summed E-state index contributed by atoms with van der Waals surface area (Å²) >= 11 is 0. The SMILES string of the molecule is CC(=O)NC[C@H]1CC[C@@H](CC(=O)N(C)Cc2ccc(-n3cccn3)cc2)N1C. The van der Waals surface area contributed by atoms with Crippen LogP contribution in [0.15, 0.2) is 42.7 Å². The Balaban J connectivity index is 1.50. The topological polar surface area (TPSA) is 70.5 Å². The molecular weight excluding hydrogens is 354 g/mol. The second-order valence-corrected chi connectivity index (χ2v) is 7.56. The number of benzene rings is 1. The third kappa shape index (κ3) is 4.98. The first-order chi connectivity index (χ1) is 13.4. The van der Waals surface area contributed by atoms with E-state index in [1.165, 1.54) is 6.92 Å². The van der Waals surface area contributed by atoms with Crippen molar-refractivity contribution in [2.75, 3.05) is 20.6 Å². The van der Waals surface area contributed by atoms with Crippen LogP contribution in [0.25, 0.3) is 5.69 Å². The number of hydrogen-bond acceptors (Lipinski definition) is 4. The minimum Gasteiger partial charge on any atom is -0.355 e. The van der Waals surface area contributed by atoms with Crippen molar-refractivity contribution < 1.29 is 9.59 Å². The van der Waals surface area contributed by atoms with E-state index in [9.17, 15) is 9.59 Å². The highest BCUT2D eigenvalue weighted by Gasteiger charge is 2.32. The molecule has 1 saturated heterocycles. The second kappa shape index (κ2) is 9.01. The first-order valence-corrected chi connectivity index (χ1v) is 9.73. The maximum atomic E-state index is 12.7. The molecule has 28 heavy (non-hydrogen) atoms. The number of aromatic nitrogens is 2. The van der Waals surface area contributed by atoms with Gasteiger partial charge in [-0.05, 0) is 43.7 Å². The first kappa shape index (κ1) is 20.1. The normalized spacial score (nSPS) is 19.5. The summed E-state index contributed by atoms with van der Waals surface area (Å²) in [6.07, 6.45) is 6.16. The number of nitrogens with one attached hydrogen (secondary N) is 1. The third-order valence-electron chi connectivity index (χ3n) is 5.53. The fraction of sp³-hybridized carbons (Fsp3) is 0.476. The Morgan fingerprint density at radius 2 is 1.93 bits per heavy atom. The summed E-state index contributed by atoms with van der Waals surface area (Å²) in [5.74, 6) is 0.138. The van der Waals surface area contributed by atoms with Crippen molar-refractivity contribution in [2.24, 2.45) is 0 Å². The minimum atomic E-state index is -0.00812. The molecule has 1 fully saturated rings. The molecule has 2 aromatic rings. The van der Waals surface area contributed by atoms with Crippen LogP contribution in [-0.2, 0) is 16.1 Å². The predicted octanol–water partition coefficient (Wildman–Crippen LogP) is 1.82. The van der Waals surface area contributed by atoms with Crippen LogP contribution in [0.3, 0.4) is 0 Å². The Morgan fingerprint density at radius 1 is 1.21 bits per heavy atom. The van der Waals surface area contributed by atoms with E-state index in [2.05, 4.69) is 15.3 Å². The van der Waals surface area contributed by atoms with Crippen LogP contribution in [0, 0.1) is 0 Å². The molecule has 150 valence electrons. The third-order valence-corrected chi connectivity index (χ3v) is 5.53. The summed E-state index contributed by atoms with van der Waals surface area (Å²) in [5, 5.41) is 7.10. The highest BCUT2D eigenvalue weighted by molar-refractivity contribution is 5.76. The Labute approximate surface area is 166 Å². The van der Waals surface area contributed by atoms with Crippen molar-refractivity contribution in [1.82, 2.24) is 24.9 Å². The Hall–Kier alpha value is -2.67. The van der Waals surface area contributed by atoms with Crippen LogP contribution in [0.4, 0.5) is 0 Å². The van der Waals surface area contributed by atoms with E-state index in [4.69, 9.17) is 0 Å². The summed E-state index contributed by atoms with van der Waals surface area (Å²) < 4.78 is 1.81. The van der Waals surface area contributed by atoms with Gasteiger partial charge in [0.15, 0.2) is 0 Å². The van der Waals surface area contributed by atoms with Crippen molar-refractivity contribution in [2.45, 2.75) is 44.8 Å². The number of likely N-dealkylation sites (N-methyl/N-ethyl adjacent to an activating group) is 1. The highest BCUT2D eigenvalue weighted by Crippen LogP contribution is 2.25. The molecule has 0 unspecified atom stereocenters. The van der Waals surface area contributed by atoms with E-state index in [0.29, 0.717) is 25.6 Å². The lowest BCUT2D eigenvalue weighted by molar-refractivity contribution is -0.131. The van der Waals surface area contributed by atoms with Gasteiger partial charge in [0, 0.05) is 58.0 Å². The van der Waals surface area contributed by atoms with Crippen LogP contribution in [0.1, 0.15) is 31.7 Å². The molecule has 0 bridgehead atoms. The lowest BCUT2D eigenvalue weighted by atomic mass is 10.1. The molecule has 1 N–H and O–H groups in total. The average molecular weight is 383 g/mol. The highest BCUT2D eigenvalue weighted by atomic mass is 16.2. The largest absolute Gasteiger partial charge is 0.355 e. The van der Waals surface area contributed by atoms with Gasteiger partial charge in [-0.1, -0.05) is 12.1 Å². The zero-order chi connectivity index (χ0) is 20.1. The summed E-state index contributed by atoms with van der Waals surface area (Å²) in [7, 11) is 3.90. The molecular formula is C21H29N5O2. The average Bonchev–Trinajstić information content (AvgIpc) is 3.32. The van der Waals surface area contributed by atoms with Gasteiger partial charge in [-0.25, -0.2) is 4.68 Å². The number of rotatable bonds is 7. The van der Waals surface area contributed by atoms with Crippen LogP contribution in [-0.4, -0.2) is 64.1 Å². The number of amides is 2. The van der Waals surface area contributed by atoms with Gasteiger partial charge in [-0.2, -0.15) is 5.10 Å². The second-order valence-electron chi connectivity index (χ2n) is 7.56. The summed E-state index contributed by atoms with van der Waals surface area (Å²) in [6, 6.07) is 10.5. The first-order valence-electron chi connectivity index (χ1n) is 9.73. The molecule has 7 heteroatoms. The van der Waals surface area contributed by atoms with Crippen molar-refractivity contribution in [3.8, 4) is 5.69 Å². The molecule has 7 nitrogen and oxygen atoms in total. The van der Waals surface area contributed by atoms with Crippen LogP contribution in [0.2, 0.25) is 0 Å². The van der Waals surface area contributed by atoms with Crippen LogP contribution < -0.4 is 5.32 Å². The molecule has 1 aromatic heterocycles. The standard InChI is InChI=1S/C21H29N5O2/c1-16(27)22-14-20-10-9-19(25(20)3)13-21(28)24(2)15-17-5-7-18(8-6-17)26-12-4-11-23-26/h4-8,11-12,19-20H,9-10,13-15H2,1-3H3,(H,22,27)/t19-,20+/m0/s1. The molecule has 3 rings (SSSR count). The van der Waals surface area contributed by atoms with Crippen molar-refractivity contribution in [3.63, 3.8) is 0 Å². The Bertz CT molecular complexity index is 788. The van der Waals surface area contributed by atoms with Gasteiger partial charge in [-0.3, -0.25) is 14.5 Å². The van der Waals surface area contributed by atoms with Gasteiger partial charge < -0.3 is 10.2 Å². The molecule has 1 aliphatic heterocycles. The van der Waals surface area contributed by atoms with E-state index >= 15 is 0 Å². The number of hydrogen-bond donors (Lipinski definition) is 1. The molecule has 2 amide bonds. The smallest absolute Gasteiger partial charge is 0.224 e. The maximum absolute atomic E-state index is 12.7. The van der Waals surface area contributed by atoms with Crippen molar-refractivity contribution >= 4 is 11.8 Å². The molecule has 1 aromatic carbocycles. The minimum absolute atomic E-state index is 0.00812.